The third-order valence-electron chi connectivity index (χ3n) is 5.45. The highest BCUT2D eigenvalue weighted by Crippen LogP contribution is 2.24. The van der Waals surface area contributed by atoms with Gasteiger partial charge in [0.2, 0.25) is 5.91 Å². The lowest BCUT2D eigenvalue weighted by Crippen LogP contribution is -2.49. The predicted molar refractivity (Wildman–Crippen MR) is 112 cm³/mol. The smallest absolute Gasteiger partial charge is 0.227 e. The Morgan fingerprint density at radius 3 is 2.18 bits per heavy atom. The van der Waals surface area contributed by atoms with Crippen molar-refractivity contribution in [1.82, 2.24) is 15.1 Å². The number of benzene rings is 2. The number of hydrogen-bond donors (Lipinski definition) is 1. The van der Waals surface area contributed by atoms with Crippen LogP contribution in [0.2, 0.25) is 0 Å². The summed E-state index contributed by atoms with van der Waals surface area (Å²) < 4.78 is 0. The number of aromatic amines is 1. The zero-order valence-corrected chi connectivity index (χ0v) is 16.5. The monoisotopic (exact) mass is 374 g/mol. The number of rotatable bonds is 4. The van der Waals surface area contributed by atoms with Gasteiger partial charge in [0.15, 0.2) is 0 Å². The minimum Gasteiger partial charge on any atom is -0.365 e. The number of nitrogens with zero attached hydrogens (tertiary/aromatic N) is 3. The number of hydrogen-bond acceptors (Lipinski definition) is 3. The quantitative estimate of drug-likeness (QED) is 0.759. The Morgan fingerprint density at radius 1 is 0.929 bits per heavy atom. The molecule has 28 heavy (non-hydrogen) atoms. The molecule has 1 fully saturated rings. The maximum absolute atomic E-state index is 12.7. The fourth-order valence-electron chi connectivity index (χ4n) is 3.92. The second-order valence-electron chi connectivity index (χ2n) is 7.39. The van der Waals surface area contributed by atoms with Gasteiger partial charge in [0.1, 0.15) is 0 Å². The van der Waals surface area contributed by atoms with E-state index in [0.29, 0.717) is 6.42 Å². The summed E-state index contributed by atoms with van der Waals surface area (Å²) in [5.74, 6) is 0.202. The number of carbonyl (C=O) groups excluding carboxylic acids is 1. The van der Waals surface area contributed by atoms with Gasteiger partial charge < -0.3 is 9.80 Å². The van der Waals surface area contributed by atoms with Gasteiger partial charge in [-0.05, 0) is 30.5 Å². The summed E-state index contributed by atoms with van der Waals surface area (Å²) in [7, 11) is 0. The normalized spacial score (nSPS) is 14.4. The van der Waals surface area contributed by atoms with E-state index in [0.717, 1.165) is 43.1 Å². The number of H-pyrrole nitrogens is 1. The van der Waals surface area contributed by atoms with Gasteiger partial charge >= 0.3 is 0 Å². The van der Waals surface area contributed by atoms with Crippen molar-refractivity contribution in [3.05, 3.63) is 71.5 Å². The lowest BCUT2D eigenvalue weighted by atomic mass is 10.0. The minimum atomic E-state index is 0.202. The molecule has 1 N–H and O–H groups in total. The van der Waals surface area contributed by atoms with Crippen LogP contribution < -0.4 is 4.90 Å². The first kappa shape index (κ1) is 18.3. The van der Waals surface area contributed by atoms with Gasteiger partial charge in [-0.1, -0.05) is 54.6 Å². The molecule has 0 bridgehead atoms. The maximum Gasteiger partial charge on any atom is 0.227 e. The summed E-state index contributed by atoms with van der Waals surface area (Å²) in [6.07, 6.45) is 0.457. The molecule has 5 nitrogen and oxygen atoms in total. The van der Waals surface area contributed by atoms with Crippen LogP contribution in [-0.4, -0.2) is 47.2 Å². The van der Waals surface area contributed by atoms with Crippen LogP contribution in [0.25, 0.3) is 11.1 Å². The number of anilines is 1. The van der Waals surface area contributed by atoms with E-state index in [1.807, 2.05) is 36.9 Å². The van der Waals surface area contributed by atoms with E-state index in [-0.39, 0.29) is 5.91 Å². The van der Waals surface area contributed by atoms with Crippen molar-refractivity contribution >= 4 is 11.6 Å². The van der Waals surface area contributed by atoms with Crippen molar-refractivity contribution in [2.45, 2.75) is 20.3 Å². The molecular weight excluding hydrogens is 348 g/mol. The molecule has 1 aliphatic rings. The van der Waals surface area contributed by atoms with Gasteiger partial charge in [0, 0.05) is 26.2 Å². The van der Waals surface area contributed by atoms with Gasteiger partial charge in [-0.3, -0.25) is 9.89 Å². The van der Waals surface area contributed by atoms with Gasteiger partial charge in [-0.2, -0.15) is 5.10 Å². The van der Waals surface area contributed by atoms with Crippen molar-refractivity contribution in [2.75, 3.05) is 31.1 Å². The molecule has 1 aliphatic heterocycles. The molecule has 0 atom stereocenters. The largest absolute Gasteiger partial charge is 0.365 e. The molecule has 2 heterocycles. The summed E-state index contributed by atoms with van der Waals surface area (Å²) in [6, 6.07) is 18.6. The summed E-state index contributed by atoms with van der Waals surface area (Å²) in [6.45, 7) is 7.28. The highest BCUT2D eigenvalue weighted by Gasteiger charge is 2.24. The molecule has 0 aliphatic carbocycles. The van der Waals surface area contributed by atoms with Gasteiger partial charge in [-0.25, -0.2) is 0 Å². The molecule has 1 saturated heterocycles. The third kappa shape index (κ3) is 3.79. The van der Waals surface area contributed by atoms with Crippen LogP contribution >= 0.6 is 0 Å². The molecule has 0 unspecified atom stereocenters. The molecule has 144 valence electrons. The molecule has 1 amide bonds. The Morgan fingerprint density at radius 2 is 1.57 bits per heavy atom. The van der Waals surface area contributed by atoms with E-state index in [4.69, 9.17) is 0 Å². The maximum atomic E-state index is 12.7. The predicted octanol–water partition coefficient (Wildman–Crippen LogP) is 3.58. The molecule has 3 aromatic rings. The summed E-state index contributed by atoms with van der Waals surface area (Å²) in [4.78, 5) is 17.0. The van der Waals surface area contributed by atoms with Crippen LogP contribution in [0.15, 0.2) is 54.6 Å². The molecule has 2 aromatic carbocycles. The van der Waals surface area contributed by atoms with E-state index < -0.39 is 0 Å². The summed E-state index contributed by atoms with van der Waals surface area (Å²) >= 11 is 0. The lowest BCUT2D eigenvalue weighted by Gasteiger charge is -2.36. The van der Waals surface area contributed by atoms with Gasteiger partial charge in [0.25, 0.3) is 0 Å². The van der Waals surface area contributed by atoms with E-state index >= 15 is 0 Å². The number of piperazine rings is 1. The molecule has 5 heteroatoms. The second-order valence-corrected chi connectivity index (χ2v) is 7.39. The summed E-state index contributed by atoms with van der Waals surface area (Å²) in [5, 5.41) is 7.33. The first-order valence-corrected chi connectivity index (χ1v) is 9.80. The highest BCUT2D eigenvalue weighted by molar-refractivity contribution is 5.79. The molecule has 0 radical (unpaired) electrons. The molecule has 0 saturated carbocycles. The van der Waals surface area contributed by atoms with Crippen molar-refractivity contribution in [2.24, 2.45) is 0 Å². The second kappa shape index (κ2) is 7.89. The first-order chi connectivity index (χ1) is 13.6. The van der Waals surface area contributed by atoms with Crippen LogP contribution in [-0.2, 0) is 11.2 Å². The Labute approximate surface area is 166 Å². The number of nitrogens with one attached hydrogen (secondary N) is 1. The Bertz CT molecular complexity index is 919. The van der Waals surface area contributed by atoms with Gasteiger partial charge in [0.05, 0.1) is 23.5 Å². The lowest BCUT2D eigenvalue weighted by molar-refractivity contribution is -0.130. The van der Waals surface area contributed by atoms with Crippen molar-refractivity contribution in [1.29, 1.82) is 0 Å². The summed E-state index contributed by atoms with van der Waals surface area (Å²) in [5.41, 5.74) is 6.74. The minimum absolute atomic E-state index is 0.202. The van der Waals surface area contributed by atoms with Crippen LogP contribution in [0.4, 0.5) is 5.69 Å². The average molecular weight is 374 g/mol. The van der Waals surface area contributed by atoms with Crippen LogP contribution in [0, 0.1) is 13.8 Å². The molecule has 4 rings (SSSR count). The highest BCUT2D eigenvalue weighted by atomic mass is 16.2. The van der Waals surface area contributed by atoms with E-state index in [1.165, 1.54) is 16.8 Å². The molecule has 1 aromatic heterocycles. The fourth-order valence-corrected chi connectivity index (χ4v) is 3.92. The Kier molecular flexibility index (Phi) is 5.15. The van der Waals surface area contributed by atoms with E-state index in [1.54, 1.807) is 0 Å². The van der Waals surface area contributed by atoms with Crippen LogP contribution in [0.1, 0.15) is 17.0 Å². The number of aromatic nitrogens is 2. The third-order valence-corrected chi connectivity index (χ3v) is 5.45. The molecule has 0 spiro atoms. The number of carbonyl (C=O) groups is 1. The first-order valence-electron chi connectivity index (χ1n) is 9.80. The van der Waals surface area contributed by atoms with E-state index in [9.17, 15) is 4.79 Å². The van der Waals surface area contributed by atoms with Gasteiger partial charge in [-0.15, -0.1) is 0 Å². The average Bonchev–Trinajstić information content (AvgIpc) is 3.07. The van der Waals surface area contributed by atoms with Crippen LogP contribution in [0.3, 0.4) is 0 Å². The van der Waals surface area contributed by atoms with Crippen molar-refractivity contribution in [3.63, 3.8) is 0 Å². The fraction of sp³-hybridized carbons (Fsp3) is 0.304. The SMILES string of the molecule is Cc1n[nH]c(C)c1N1CCN(C(=O)Cc2ccc(-c3ccccc3)cc2)CC1. The zero-order chi connectivity index (χ0) is 19.5. The van der Waals surface area contributed by atoms with E-state index in [2.05, 4.69) is 51.5 Å². The van der Waals surface area contributed by atoms with Crippen molar-refractivity contribution < 1.29 is 4.79 Å². The number of aryl methyl sites for hydroxylation is 2. The Balaban J connectivity index is 1.35. The standard InChI is InChI=1S/C23H26N4O/c1-17-23(18(2)25-24-17)27-14-12-26(13-15-27)22(28)16-19-8-10-21(11-9-19)20-6-4-3-5-7-20/h3-11H,12-16H2,1-2H3,(H,24,25). The molecular formula is C23H26N4O. The topological polar surface area (TPSA) is 52.2 Å². The Hall–Kier alpha value is -3.08. The zero-order valence-electron chi connectivity index (χ0n) is 16.5. The van der Waals surface area contributed by atoms with Crippen LogP contribution in [0.5, 0.6) is 0 Å². The number of amides is 1. The van der Waals surface area contributed by atoms with Crippen molar-refractivity contribution in [3.8, 4) is 11.1 Å².